The number of ketones is 1. The van der Waals surface area contributed by atoms with Crippen molar-refractivity contribution in [1.29, 1.82) is 0 Å². The van der Waals surface area contributed by atoms with Crippen molar-refractivity contribution in [2.75, 3.05) is 4.90 Å². The van der Waals surface area contributed by atoms with Gasteiger partial charge in [0.1, 0.15) is 0 Å². The fourth-order valence-corrected chi connectivity index (χ4v) is 7.20. The smallest absolute Gasteiger partial charge is 0.194 e. The first-order valence-electron chi connectivity index (χ1n) is 16.0. The second-order valence-electron chi connectivity index (χ2n) is 12.1. The second kappa shape index (κ2) is 11.0. The van der Waals surface area contributed by atoms with Crippen molar-refractivity contribution in [3.8, 4) is 33.4 Å². The highest BCUT2D eigenvalue weighted by molar-refractivity contribution is 6.24. The highest BCUT2D eigenvalue weighted by Crippen LogP contribution is 2.44. The third-order valence-electron chi connectivity index (χ3n) is 9.42. The molecule has 0 atom stereocenters. The molecule has 0 bridgehead atoms. The van der Waals surface area contributed by atoms with E-state index in [2.05, 4.69) is 157 Å². The van der Waals surface area contributed by atoms with Crippen LogP contribution in [0.2, 0.25) is 0 Å². The maximum Gasteiger partial charge on any atom is 0.194 e. The van der Waals surface area contributed by atoms with Gasteiger partial charge in [0.15, 0.2) is 5.78 Å². The molecule has 0 N–H and O–H groups in total. The molecule has 47 heavy (non-hydrogen) atoms. The molecule has 220 valence electrons. The Balaban J connectivity index is 1.15. The molecule has 2 nitrogen and oxygen atoms in total. The highest BCUT2D eigenvalue weighted by Gasteiger charge is 2.29. The van der Waals surface area contributed by atoms with E-state index in [0.29, 0.717) is 0 Å². The summed E-state index contributed by atoms with van der Waals surface area (Å²) in [4.78, 5) is 15.9. The third kappa shape index (κ3) is 4.46. The van der Waals surface area contributed by atoms with E-state index in [0.717, 1.165) is 50.4 Å². The summed E-state index contributed by atoms with van der Waals surface area (Å²) < 4.78 is 0. The summed E-state index contributed by atoms with van der Waals surface area (Å²) in [5.41, 5.74) is 11.2. The summed E-state index contributed by atoms with van der Waals surface area (Å²) in [6, 6.07) is 61.6. The number of anilines is 3. The van der Waals surface area contributed by atoms with E-state index in [1.807, 2.05) is 24.3 Å². The number of hydrogen-bond acceptors (Lipinski definition) is 2. The Morgan fingerprint density at radius 1 is 0.340 bits per heavy atom. The van der Waals surface area contributed by atoms with E-state index in [1.54, 1.807) is 0 Å². The van der Waals surface area contributed by atoms with Crippen LogP contribution >= 0.6 is 0 Å². The number of fused-ring (bicyclic) bond motifs is 5. The fourth-order valence-electron chi connectivity index (χ4n) is 7.20. The average Bonchev–Trinajstić information content (AvgIpc) is 3.44. The molecule has 0 spiro atoms. The van der Waals surface area contributed by atoms with E-state index in [4.69, 9.17) is 0 Å². The van der Waals surface area contributed by atoms with Gasteiger partial charge in [-0.05, 0) is 79.9 Å². The van der Waals surface area contributed by atoms with Gasteiger partial charge < -0.3 is 4.90 Å². The molecule has 9 rings (SSSR count). The lowest BCUT2D eigenvalue weighted by atomic mass is 9.95. The number of carbonyl (C=O) groups excluding carboxylic acids is 1. The van der Waals surface area contributed by atoms with Crippen LogP contribution in [0.5, 0.6) is 0 Å². The van der Waals surface area contributed by atoms with Gasteiger partial charge in [-0.25, -0.2) is 0 Å². The van der Waals surface area contributed by atoms with Gasteiger partial charge in [0.25, 0.3) is 0 Å². The molecule has 0 saturated carbocycles. The minimum absolute atomic E-state index is 0.0962. The monoisotopic (exact) mass is 599 g/mol. The number of carbonyl (C=O) groups is 1. The average molecular weight is 600 g/mol. The second-order valence-corrected chi connectivity index (χ2v) is 12.1. The Bertz CT molecular complexity index is 2460. The maximum absolute atomic E-state index is 13.5. The van der Waals surface area contributed by atoms with Crippen molar-refractivity contribution in [1.82, 2.24) is 0 Å². The SMILES string of the molecule is O=C1c2ccccc2-c2cccc(-c3ccc(N(c4ccc(-c5cccc6ccccc56)cc4)c4cccc5ccccc45)cc3)c21. The summed E-state index contributed by atoms with van der Waals surface area (Å²) in [5, 5.41) is 4.86. The molecular weight excluding hydrogens is 571 g/mol. The van der Waals surface area contributed by atoms with Gasteiger partial charge in [0.2, 0.25) is 0 Å². The largest absolute Gasteiger partial charge is 0.310 e. The molecule has 0 unspecified atom stereocenters. The van der Waals surface area contributed by atoms with Crippen LogP contribution in [0, 0.1) is 0 Å². The van der Waals surface area contributed by atoms with Crippen LogP contribution in [0.25, 0.3) is 54.9 Å². The van der Waals surface area contributed by atoms with Crippen LogP contribution in [0.15, 0.2) is 176 Å². The van der Waals surface area contributed by atoms with Crippen molar-refractivity contribution >= 4 is 44.4 Å². The van der Waals surface area contributed by atoms with Gasteiger partial charge in [0, 0.05) is 27.9 Å². The molecule has 0 heterocycles. The Hall–Kier alpha value is -6.25. The predicted molar refractivity (Wildman–Crippen MR) is 196 cm³/mol. The number of nitrogens with zero attached hydrogens (tertiary/aromatic N) is 1. The maximum atomic E-state index is 13.5. The quantitative estimate of drug-likeness (QED) is 0.196. The molecule has 8 aromatic rings. The van der Waals surface area contributed by atoms with Gasteiger partial charge in [-0.15, -0.1) is 0 Å². The fraction of sp³-hybridized carbons (Fsp3) is 0. The molecule has 0 amide bonds. The molecule has 2 heteroatoms. The summed E-state index contributed by atoms with van der Waals surface area (Å²) in [5.74, 6) is 0.0962. The summed E-state index contributed by atoms with van der Waals surface area (Å²) in [7, 11) is 0. The highest BCUT2D eigenvalue weighted by atomic mass is 16.1. The molecule has 1 aliphatic carbocycles. The zero-order valence-electron chi connectivity index (χ0n) is 25.6. The number of benzene rings is 8. The predicted octanol–water partition coefficient (Wildman–Crippen LogP) is 12.0. The van der Waals surface area contributed by atoms with Crippen LogP contribution < -0.4 is 4.90 Å². The van der Waals surface area contributed by atoms with Crippen molar-refractivity contribution in [3.05, 3.63) is 187 Å². The first-order chi connectivity index (χ1) is 23.2. The van der Waals surface area contributed by atoms with Crippen LogP contribution in [-0.4, -0.2) is 5.78 Å². The van der Waals surface area contributed by atoms with Crippen LogP contribution in [0.1, 0.15) is 15.9 Å². The third-order valence-corrected chi connectivity index (χ3v) is 9.42. The van der Waals surface area contributed by atoms with E-state index < -0.39 is 0 Å². The van der Waals surface area contributed by atoms with Crippen molar-refractivity contribution in [3.63, 3.8) is 0 Å². The molecule has 0 fully saturated rings. The Kier molecular flexibility index (Phi) is 6.33. The standard InChI is InChI=1S/C45H29NO/c47-45-42-17-6-5-16-40(42)41-20-9-19-39(44(41)45)33-24-28-35(29-25-33)46(43-21-8-13-31-11-2-4-15-38(31)43)34-26-22-32(23-27-34)37-18-7-12-30-10-1-3-14-36(30)37/h1-29H. The lowest BCUT2D eigenvalue weighted by Crippen LogP contribution is -2.10. The number of rotatable bonds is 5. The Labute approximate surface area is 273 Å². The lowest BCUT2D eigenvalue weighted by Gasteiger charge is -2.27. The van der Waals surface area contributed by atoms with Crippen molar-refractivity contribution < 1.29 is 4.79 Å². The molecule has 0 aliphatic heterocycles. The topological polar surface area (TPSA) is 20.3 Å². The van der Waals surface area contributed by atoms with E-state index in [9.17, 15) is 4.79 Å². The summed E-state index contributed by atoms with van der Waals surface area (Å²) in [6.45, 7) is 0. The van der Waals surface area contributed by atoms with Crippen LogP contribution in [0.4, 0.5) is 17.1 Å². The first-order valence-corrected chi connectivity index (χ1v) is 16.0. The molecule has 0 saturated heterocycles. The molecule has 0 radical (unpaired) electrons. The van der Waals surface area contributed by atoms with E-state index in [-0.39, 0.29) is 5.78 Å². The van der Waals surface area contributed by atoms with Crippen molar-refractivity contribution in [2.24, 2.45) is 0 Å². The summed E-state index contributed by atoms with van der Waals surface area (Å²) in [6.07, 6.45) is 0. The lowest BCUT2D eigenvalue weighted by molar-refractivity contribution is 0.104. The molecule has 8 aromatic carbocycles. The summed E-state index contributed by atoms with van der Waals surface area (Å²) >= 11 is 0. The van der Waals surface area contributed by atoms with Gasteiger partial charge in [-0.1, -0.05) is 146 Å². The Morgan fingerprint density at radius 3 is 1.53 bits per heavy atom. The molecular formula is C45H29NO. The zero-order valence-corrected chi connectivity index (χ0v) is 25.6. The zero-order chi connectivity index (χ0) is 31.3. The van der Waals surface area contributed by atoms with Gasteiger partial charge in [-0.3, -0.25) is 4.79 Å². The van der Waals surface area contributed by atoms with Crippen LogP contribution in [0.3, 0.4) is 0 Å². The number of hydrogen-bond donors (Lipinski definition) is 0. The Morgan fingerprint density at radius 2 is 0.809 bits per heavy atom. The minimum Gasteiger partial charge on any atom is -0.310 e. The van der Waals surface area contributed by atoms with Crippen molar-refractivity contribution in [2.45, 2.75) is 0 Å². The van der Waals surface area contributed by atoms with Gasteiger partial charge >= 0.3 is 0 Å². The minimum atomic E-state index is 0.0962. The van der Waals surface area contributed by atoms with Gasteiger partial charge in [0.05, 0.1) is 5.69 Å². The van der Waals surface area contributed by atoms with E-state index >= 15 is 0 Å². The van der Waals surface area contributed by atoms with Gasteiger partial charge in [-0.2, -0.15) is 0 Å². The molecule has 1 aliphatic rings. The van der Waals surface area contributed by atoms with E-state index in [1.165, 1.54) is 32.7 Å². The normalized spacial score (nSPS) is 11.9. The molecule has 0 aromatic heterocycles. The van der Waals surface area contributed by atoms with Crippen LogP contribution in [-0.2, 0) is 0 Å². The first kappa shape index (κ1) is 27.1.